The largest absolute Gasteiger partial charge is 0.456 e. The van der Waals surface area contributed by atoms with Crippen molar-refractivity contribution in [3.8, 4) is 0 Å². The van der Waals surface area contributed by atoms with Crippen molar-refractivity contribution in [3.05, 3.63) is 136 Å². The lowest BCUT2D eigenvalue weighted by Crippen LogP contribution is -2.46. The van der Waals surface area contributed by atoms with Gasteiger partial charge in [0.05, 0.1) is 16.0 Å². The van der Waals surface area contributed by atoms with E-state index >= 15 is 0 Å². The fraction of sp³-hybridized carbons (Fsp3) is 0.219. The van der Waals surface area contributed by atoms with E-state index in [1.807, 2.05) is 30.3 Å². The Bertz CT molecular complexity index is 1670. The highest BCUT2D eigenvalue weighted by Crippen LogP contribution is 2.29. The minimum absolute atomic E-state index is 0.00840. The highest BCUT2D eigenvalue weighted by Gasteiger charge is 2.30. The Morgan fingerprint density at radius 3 is 2.20 bits per heavy atom. The van der Waals surface area contributed by atoms with Crippen molar-refractivity contribution in [2.75, 3.05) is 6.54 Å². The van der Waals surface area contributed by atoms with Crippen LogP contribution in [-0.2, 0) is 40.4 Å². The van der Waals surface area contributed by atoms with E-state index in [0.717, 1.165) is 17.7 Å². The summed E-state index contributed by atoms with van der Waals surface area (Å²) in [5.74, 6) is -0.800. The number of carbonyl (C=O) groups is 1. The Morgan fingerprint density at radius 1 is 0.841 bits per heavy atom. The van der Waals surface area contributed by atoms with Crippen LogP contribution in [0, 0.1) is 0 Å². The SMILES string of the molecule is N[C@@H](Cc1ccccc1)[C@H](CNCc1cccc(C(F)(F)F)c1)OC(=O)c1cccc(S(=O)(=O)NCc2cccc(Cl)c2)c1. The number of rotatable bonds is 13. The van der Waals surface area contributed by atoms with Crippen molar-refractivity contribution in [1.82, 2.24) is 10.0 Å². The lowest BCUT2D eigenvalue weighted by molar-refractivity contribution is -0.137. The van der Waals surface area contributed by atoms with Crippen LogP contribution in [0.2, 0.25) is 5.02 Å². The van der Waals surface area contributed by atoms with Crippen molar-refractivity contribution in [3.63, 3.8) is 0 Å². The minimum Gasteiger partial charge on any atom is -0.456 e. The predicted molar refractivity (Wildman–Crippen MR) is 162 cm³/mol. The maximum Gasteiger partial charge on any atom is 0.416 e. The fourth-order valence-electron chi connectivity index (χ4n) is 4.42. The molecule has 232 valence electrons. The molecule has 7 nitrogen and oxygen atoms in total. The van der Waals surface area contributed by atoms with Crippen LogP contribution < -0.4 is 15.8 Å². The first kappa shape index (κ1) is 33.2. The zero-order chi connectivity index (χ0) is 31.7. The van der Waals surface area contributed by atoms with E-state index in [1.54, 1.807) is 30.3 Å². The third-order valence-corrected chi connectivity index (χ3v) is 8.35. The molecule has 0 amide bonds. The van der Waals surface area contributed by atoms with Gasteiger partial charge in [-0.1, -0.05) is 78.3 Å². The highest BCUT2D eigenvalue weighted by molar-refractivity contribution is 7.89. The average molecular weight is 646 g/mol. The van der Waals surface area contributed by atoms with Crippen LogP contribution in [0.1, 0.15) is 32.6 Å². The maximum absolute atomic E-state index is 13.2. The second-order valence-electron chi connectivity index (χ2n) is 10.1. The van der Waals surface area contributed by atoms with Gasteiger partial charge in [0.25, 0.3) is 0 Å². The molecule has 0 saturated carbocycles. The number of ether oxygens (including phenoxy) is 1. The summed E-state index contributed by atoms with van der Waals surface area (Å²) in [5.41, 5.74) is 7.64. The lowest BCUT2D eigenvalue weighted by atomic mass is 10.0. The quantitative estimate of drug-likeness (QED) is 0.160. The summed E-state index contributed by atoms with van der Waals surface area (Å²) in [7, 11) is -3.99. The van der Waals surface area contributed by atoms with Gasteiger partial charge < -0.3 is 15.8 Å². The second kappa shape index (κ2) is 14.8. The normalized spacial score (nSPS) is 13.3. The van der Waals surface area contributed by atoms with Crippen LogP contribution in [0.5, 0.6) is 0 Å². The predicted octanol–water partition coefficient (Wildman–Crippen LogP) is 5.72. The molecule has 4 rings (SSSR count). The molecule has 12 heteroatoms. The molecule has 0 saturated heterocycles. The molecule has 0 aliphatic carbocycles. The van der Waals surface area contributed by atoms with E-state index in [-0.39, 0.29) is 30.1 Å². The van der Waals surface area contributed by atoms with Crippen molar-refractivity contribution < 1.29 is 31.1 Å². The van der Waals surface area contributed by atoms with Gasteiger partial charge in [0.2, 0.25) is 10.0 Å². The molecule has 0 aromatic heterocycles. The molecule has 0 fully saturated rings. The molecule has 44 heavy (non-hydrogen) atoms. The molecule has 4 N–H and O–H groups in total. The number of esters is 1. The van der Waals surface area contributed by atoms with E-state index in [9.17, 15) is 26.4 Å². The van der Waals surface area contributed by atoms with Gasteiger partial charge in [-0.15, -0.1) is 0 Å². The van der Waals surface area contributed by atoms with E-state index in [0.29, 0.717) is 22.6 Å². The van der Waals surface area contributed by atoms with Crippen LogP contribution in [0.3, 0.4) is 0 Å². The van der Waals surface area contributed by atoms with Gasteiger partial charge in [-0.05, 0) is 59.5 Å². The summed E-state index contributed by atoms with van der Waals surface area (Å²) < 4.78 is 73.6. The van der Waals surface area contributed by atoms with Gasteiger partial charge in [0, 0.05) is 30.7 Å². The molecular weight excluding hydrogens is 615 g/mol. The summed E-state index contributed by atoms with van der Waals surface area (Å²) >= 11 is 5.98. The molecule has 0 spiro atoms. The third kappa shape index (κ3) is 9.63. The fourth-order valence-corrected chi connectivity index (χ4v) is 5.69. The van der Waals surface area contributed by atoms with Crippen LogP contribution in [0.15, 0.2) is 108 Å². The Hall–Kier alpha value is -3.74. The number of nitrogens with one attached hydrogen (secondary N) is 2. The van der Waals surface area contributed by atoms with Crippen molar-refractivity contribution >= 4 is 27.6 Å². The average Bonchev–Trinajstić information content (AvgIpc) is 3.00. The topological polar surface area (TPSA) is 111 Å². The van der Waals surface area contributed by atoms with Crippen molar-refractivity contribution in [1.29, 1.82) is 0 Å². The molecule has 2 atom stereocenters. The number of alkyl halides is 3. The van der Waals surface area contributed by atoms with Gasteiger partial charge >= 0.3 is 12.1 Å². The molecule has 4 aromatic carbocycles. The van der Waals surface area contributed by atoms with Crippen LogP contribution in [0.4, 0.5) is 13.2 Å². The molecule has 0 unspecified atom stereocenters. The summed E-state index contributed by atoms with van der Waals surface area (Å²) in [5, 5.41) is 3.50. The Kier molecular flexibility index (Phi) is 11.2. The second-order valence-corrected chi connectivity index (χ2v) is 12.3. The standard InChI is InChI=1S/C32H31ClF3N3O4S/c33-27-13-5-10-24(16-27)20-39-44(41,42)28-14-6-11-25(18-28)31(40)43-30(29(37)17-22-7-2-1-3-8-22)21-38-19-23-9-4-12-26(15-23)32(34,35)36/h1-16,18,29-30,38-39H,17,19-21,37H2/t29-,30-/m0/s1. The van der Waals surface area contributed by atoms with Gasteiger partial charge in [-0.2, -0.15) is 13.2 Å². The van der Waals surface area contributed by atoms with Crippen LogP contribution in [-0.4, -0.2) is 33.1 Å². The Balaban J connectivity index is 1.46. The molecule has 4 aromatic rings. The first-order valence-electron chi connectivity index (χ1n) is 13.6. The number of hydrogen-bond acceptors (Lipinski definition) is 6. The summed E-state index contributed by atoms with van der Waals surface area (Å²) in [6, 6.07) is 25.7. The molecule has 0 aliphatic rings. The number of hydrogen-bond donors (Lipinski definition) is 3. The van der Waals surface area contributed by atoms with Gasteiger partial charge in [-0.25, -0.2) is 17.9 Å². The molecule has 0 heterocycles. The molecule has 0 bridgehead atoms. The molecule has 0 aliphatic heterocycles. The first-order valence-corrected chi connectivity index (χ1v) is 15.5. The smallest absolute Gasteiger partial charge is 0.416 e. The van der Waals surface area contributed by atoms with Gasteiger partial charge in [0.1, 0.15) is 6.10 Å². The maximum atomic E-state index is 13.2. The molecule has 0 radical (unpaired) electrons. The summed E-state index contributed by atoms with van der Waals surface area (Å²) in [6.45, 7) is 0.0999. The zero-order valence-electron chi connectivity index (χ0n) is 23.4. The summed E-state index contributed by atoms with van der Waals surface area (Å²) in [6.07, 6.45) is -5.01. The van der Waals surface area contributed by atoms with Crippen molar-refractivity contribution in [2.45, 2.75) is 42.7 Å². The van der Waals surface area contributed by atoms with Gasteiger partial charge in [0.15, 0.2) is 0 Å². The Morgan fingerprint density at radius 2 is 1.50 bits per heavy atom. The lowest BCUT2D eigenvalue weighted by Gasteiger charge is -2.25. The van der Waals surface area contributed by atoms with Crippen molar-refractivity contribution in [2.24, 2.45) is 5.73 Å². The van der Waals surface area contributed by atoms with Crippen LogP contribution >= 0.6 is 11.6 Å². The van der Waals surface area contributed by atoms with E-state index in [2.05, 4.69) is 10.0 Å². The molecular formula is C32H31ClF3N3O4S. The number of benzene rings is 4. The van der Waals surface area contributed by atoms with Crippen LogP contribution in [0.25, 0.3) is 0 Å². The zero-order valence-corrected chi connectivity index (χ0v) is 25.0. The number of nitrogens with two attached hydrogens (primary N) is 1. The first-order chi connectivity index (χ1) is 20.9. The summed E-state index contributed by atoms with van der Waals surface area (Å²) in [4.78, 5) is 13.1. The number of sulfonamides is 1. The number of halogens is 4. The van der Waals surface area contributed by atoms with E-state index < -0.39 is 39.9 Å². The van der Waals surface area contributed by atoms with E-state index in [1.165, 1.54) is 30.3 Å². The minimum atomic E-state index is -4.47. The Labute approximate surface area is 259 Å². The third-order valence-electron chi connectivity index (χ3n) is 6.71. The number of carbonyl (C=O) groups excluding carboxylic acids is 1. The van der Waals surface area contributed by atoms with E-state index in [4.69, 9.17) is 22.1 Å². The highest BCUT2D eigenvalue weighted by atomic mass is 35.5. The van der Waals surface area contributed by atoms with Gasteiger partial charge in [-0.3, -0.25) is 0 Å². The monoisotopic (exact) mass is 645 g/mol.